The number of rotatable bonds is 6. The third kappa shape index (κ3) is 4.77. The van der Waals surface area contributed by atoms with Crippen LogP contribution in [0.4, 0.5) is 0 Å². The summed E-state index contributed by atoms with van der Waals surface area (Å²) >= 11 is 2.04. The molecule has 1 aliphatic rings. The Kier molecular flexibility index (Phi) is 6.18. The molecule has 0 saturated carbocycles. The molecule has 128 valence electrons. The zero-order chi connectivity index (χ0) is 16.6. The second-order valence-corrected chi connectivity index (χ2v) is 7.10. The van der Waals surface area contributed by atoms with Crippen LogP contribution in [-0.4, -0.2) is 35.0 Å². The van der Waals surface area contributed by atoms with Gasteiger partial charge in [-0.3, -0.25) is 0 Å². The van der Waals surface area contributed by atoms with Crippen molar-refractivity contribution in [1.29, 1.82) is 0 Å². The molecule has 0 spiro atoms. The van der Waals surface area contributed by atoms with E-state index in [4.69, 9.17) is 4.42 Å². The molecule has 2 aromatic rings. The molecule has 0 aliphatic carbocycles. The summed E-state index contributed by atoms with van der Waals surface area (Å²) in [6, 6.07) is 9.99. The van der Waals surface area contributed by atoms with E-state index in [9.17, 15) is 0 Å². The van der Waals surface area contributed by atoms with Crippen LogP contribution in [0.5, 0.6) is 0 Å². The van der Waals surface area contributed by atoms with Gasteiger partial charge in [0, 0.05) is 23.9 Å². The summed E-state index contributed by atoms with van der Waals surface area (Å²) in [7, 11) is 0. The Labute approximate surface area is 147 Å². The molecule has 0 radical (unpaired) electrons. The third-order valence-corrected chi connectivity index (χ3v) is 5.25. The summed E-state index contributed by atoms with van der Waals surface area (Å²) in [4.78, 5) is 8.91. The molecule has 2 N–H and O–H groups in total. The van der Waals surface area contributed by atoms with Gasteiger partial charge >= 0.3 is 0 Å². The monoisotopic (exact) mass is 344 g/mol. The molecule has 1 fully saturated rings. The van der Waals surface area contributed by atoms with Crippen molar-refractivity contribution in [3.63, 3.8) is 0 Å². The number of aromatic nitrogens is 1. The first-order valence-corrected chi connectivity index (χ1v) is 9.54. The minimum atomic E-state index is 0.431. The predicted octanol–water partition coefficient (Wildman–Crippen LogP) is 3.29. The van der Waals surface area contributed by atoms with Gasteiger partial charge in [0.15, 0.2) is 11.7 Å². The minimum absolute atomic E-state index is 0.431. The van der Waals surface area contributed by atoms with Gasteiger partial charge < -0.3 is 15.1 Å². The zero-order valence-electron chi connectivity index (χ0n) is 14.0. The van der Waals surface area contributed by atoms with E-state index < -0.39 is 0 Å². The van der Waals surface area contributed by atoms with Gasteiger partial charge in [-0.2, -0.15) is 11.8 Å². The summed E-state index contributed by atoms with van der Waals surface area (Å²) in [6.45, 7) is 4.29. The number of hydrogen-bond acceptors (Lipinski definition) is 4. The highest BCUT2D eigenvalue weighted by atomic mass is 32.2. The fraction of sp³-hybridized carbons (Fsp3) is 0.444. The number of aliphatic imine (C=N–C) groups is 1. The van der Waals surface area contributed by atoms with Crippen molar-refractivity contribution in [1.82, 2.24) is 15.6 Å². The van der Waals surface area contributed by atoms with Gasteiger partial charge in [-0.25, -0.2) is 9.98 Å². The van der Waals surface area contributed by atoms with Crippen molar-refractivity contribution in [2.45, 2.75) is 31.6 Å². The van der Waals surface area contributed by atoms with Crippen LogP contribution < -0.4 is 10.6 Å². The molecule has 0 bridgehead atoms. The number of benzene rings is 1. The van der Waals surface area contributed by atoms with E-state index in [2.05, 4.69) is 27.5 Å². The quantitative estimate of drug-likeness (QED) is 0.622. The van der Waals surface area contributed by atoms with Crippen molar-refractivity contribution in [2.24, 2.45) is 4.99 Å². The predicted molar refractivity (Wildman–Crippen MR) is 100 cm³/mol. The van der Waals surface area contributed by atoms with Crippen molar-refractivity contribution >= 4 is 17.7 Å². The molecule has 2 heterocycles. The first kappa shape index (κ1) is 16.9. The molecule has 0 amide bonds. The first-order chi connectivity index (χ1) is 11.8. The minimum Gasteiger partial charge on any atom is -0.439 e. The topological polar surface area (TPSA) is 62.5 Å². The molecular formula is C18H24N4OS. The number of guanidine groups is 1. The summed E-state index contributed by atoms with van der Waals surface area (Å²) in [6.07, 6.45) is 4.37. The van der Waals surface area contributed by atoms with E-state index in [1.54, 1.807) is 6.20 Å². The van der Waals surface area contributed by atoms with Gasteiger partial charge in [0.1, 0.15) is 6.54 Å². The van der Waals surface area contributed by atoms with Gasteiger partial charge in [-0.05, 0) is 25.5 Å². The molecule has 6 heteroatoms. The van der Waals surface area contributed by atoms with E-state index in [0.717, 1.165) is 30.4 Å². The largest absolute Gasteiger partial charge is 0.439 e. The number of nitrogens with zero attached hydrogens (tertiary/aromatic N) is 2. The summed E-state index contributed by atoms with van der Waals surface area (Å²) in [5, 5.41) is 7.39. The Balaban J connectivity index is 1.58. The van der Waals surface area contributed by atoms with Crippen LogP contribution in [-0.2, 0) is 6.54 Å². The van der Waals surface area contributed by atoms with Crippen molar-refractivity contribution < 1.29 is 4.42 Å². The number of hydrogen-bond donors (Lipinski definition) is 2. The molecule has 1 aliphatic heterocycles. The lowest BCUT2D eigenvalue weighted by Gasteiger charge is -2.14. The SMILES string of the molecule is CCNC(=NCc1ncc(-c2ccccc2)o1)NCC1CCCS1. The molecule has 1 aromatic carbocycles. The average molecular weight is 344 g/mol. The van der Waals surface area contributed by atoms with E-state index in [1.807, 2.05) is 42.1 Å². The number of thioether (sulfide) groups is 1. The van der Waals surface area contributed by atoms with Crippen molar-refractivity contribution in [3.8, 4) is 11.3 Å². The molecule has 1 saturated heterocycles. The van der Waals surface area contributed by atoms with Gasteiger partial charge in [0.2, 0.25) is 5.89 Å². The Hall–Kier alpha value is -1.95. The molecule has 5 nitrogen and oxygen atoms in total. The maximum absolute atomic E-state index is 5.80. The van der Waals surface area contributed by atoms with Crippen LogP contribution in [0.2, 0.25) is 0 Å². The highest BCUT2D eigenvalue weighted by Gasteiger charge is 2.15. The number of oxazole rings is 1. The second-order valence-electron chi connectivity index (χ2n) is 5.70. The molecule has 3 rings (SSSR count). The van der Waals surface area contributed by atoms with E-state index in [1.165, 1.54) is 18.6 Å². The molecule has 24 heavy (non-hydrogen) atoms. The Morgan fingerprint density at radius 3 is 2.96 bits per heavy atom. The van der Waals surface area contributed by atoms with Crippen LogP contribution in [0.15, 0.2) is 45.9 Å². The molecular weight excluding hydrogens is 320 g/mol. The summed E-state index contributed by atoms with van der Waals surface area (Å²) in [5.74, 6) is 3.50. The van der Waals surface area contributed by atoms with Gasteiger partial charge in [-0.15, -0.1) is 0 Å². The lowest BCUT2D eigenvalue weighted by Crippen LogP contribution is -2.40. The average Bonchev–Trinajstić information content (AvgIpc) is 3.30. The highest BCUT2D eigenvalue weighted by Crippen LogP contribution is 2.25. The van der Waals surface area contributed by atoms with Gasteiger partial charge in [0.25, 0.3) is 0 Å². The number of nitrogens with one attached hydrogen (secondary N) is 2. The smallest absolute Gasteiger partial charge is 0.216 e. The van der Waals surface area contributed by atoms with E-state index in [-0.39, 0.29) is 0 Å². The van der Waals surface area contributed by atoms with Crippen molar-refractivity contribution in [2.75, 3.05) is 18.8 Å². The summed E-state index contributed by atoms with van der Waals surface area (Å²) in [5.41, 5.74) is 1.03. The standard InChI is InChI=1S/C18H24N4OS/c1-2-19-18(21-11-15-9-6-10-24-15)22-13-17-20-12-16(23-17)14-7-4-3-5-8-14/h3-5,7-8,12,15H,2,6,9-11,13H2,1H3,(H2,19,21,22). The summed E-state index contributed by atoms with van der Waals surface area (Å²) < 4.78 is 5.80. The highest BCUT2D eigenvalue weighted by molar-refractivity contribution is 8.00. The molecule has 1 unspecified atom stereocenters. The zero-order valence-corrected chi connectivity index (χ0v) is 14.8. The maximum Gasteiger partial charge on any atom is 0.216 e. The van der Waals surface area contributed by atoms with Crippen LogP contribution in [0.1, 0.15) is 25.7 Å². The van der Waals surface area contributed by atoms with Crippen LogP contribution in [0.3, 0.4) is 0 Å². The fourth-order valence-corrected chi connectivity index (χ4v) is 3.82. The Bertz CT molecular complexity index is 650. The normalized spacial score (nSPS) is 17.9. The Morgan fingerprint density at radius 1 is 1.33 bits per heavy atom. The van der Waals surface area contributed by atoms with Crippen LogP contribution >= 0.6 is 11.8 Å². The van der Waals surface area contributed by atoms with Crippen LogP contribution in [0, 0.1) is 0 Å². The van der Waals surface area contributed by atoms with Crippen molar-refractivity contribution in [3.05, 3.63) is 42.4 Å². The first-order valence-electron chi connectivity index (χ1n) is 8.49. The lowest BCUT2D eigenvalue weighted by molar-refractivity contribution is 0.509. The van der Waals surface area contributed by atoms with E-state index in [0.29, 0.717) is 17.7 Å². The molecule has 1 atom stereocenters. The molecule has 1 aromatic heterocycles. The fourth-order valence-electron chi connectivity index (χ4n) is 2.62. The van der Waals surface area contributed by atoms with E-state index >= 15 is 0 Å². The van der Waals surface area contributed by atoms with Gasteiger partial charge in [-0.1, -0.05) is 30.3 Å². The third-order valence-electron chi connectivity index (χ3n) is 3.85. The Morgan fingerprint density at radius 2 is 2.21 bits per heavy atom. The maximum atomic E-state index is 5.80. The van der Waals surface area contributed by atoms with Crippen LogP contribution in [0.25, 0.3) is 11.3 Å². The van der Waals surface area contributed by atoms with Gasteiger partial charge in [0.05, 0.1) is 6.20 Å². The second kappa shape index (κ2) is 8.78. The lowest BCUT2D eigenvalue weighted by atomic mass is 10.2.